The van der Waals surface area contributed by atoms with E-state index >= 15 is 0 Å². The van der Waals surface area contributed by atoms with Gasteiger partial charge in [0.1, 0.15) is 5.69 Å². The van der Waals surface area contributed by atoms with E-state index in [0.29, 0.717) is 17.9 Å². The minimum atomic E-state index is -4.32. The van der Waals surface area contributed by atoms with Gasteiger partial charge in [0.05, 0.1) is 17.8 Å². The van der Waals surface area contributed by atoms with E-state index in [4.69, 9.17) is 5.73 Å². The maximum atomic E-state index is 12.7. The first-order chi connectivity index (χ1) is 13.4. The normalized spacial score (nSPS) is 11.8. The molecule has 0 saturated heterocycles. The second-order valence-electron chi connectivity index (χ2n) is 6.02. The third kappa shape index (κ3) is 3.94. The molecule has 5 nitrogen and oxygen atoms in total. The molecule has 0 fully saturated rings. The Bertz CT molecular complexity index is 1140. The molecular formula is C19H14F3N5S. The summed E-state index contributed by atoms with van der Waals surface area (Å²) < 4.78 is 39.7. The molecule has 28 heavy (non-hydrogen) atoms. The molecule has 2 aromatic heterocycles. The van der Waals surface area contributed by atoms with Gasteiger partial charge in [-0.3, -0.25) is 4.68 Å². The molecule has 0 spiro atoms. The number of aromatic nitrogens is 4. The van der Waals surface area contributed by atoms with Crippen molar-refractivity contribution in [1.29, 1.82) is 0 Å². The van der Waals surface area contributed by atoms with Crippen LogP contribution in [0.3, 0.4) is 0 Å². The van der Waals surface area contributed by atoms with Crippen LogP contribution in [0.4, 0.5) is 19.1 Å². The fraction of sp³-hybridized carbons (Fsp3) is 0.105. The fourth-order valence-electron chi connectivity index (χ4n) is 2.96. The summed E-state index contributed by atoms with van der Waals surface area (Å²) in [5.41, 5.74) is 4.16. The zero-order chi connectivity index (χ0) is 19.7. The molecule has 2 heterocycles. The van der Waals surface area contributed by atoms with E-state index < -0.39 is 5.51 Å². The van der Waals surface area contributed by atoms with E-state index in [0.717, 1.165) is 16.5 Å². The Labute approximate surface area is 162 Å². The molecule has 0 aliphatic rings. The lowest BCUT2D eigenvalue weighted by Crippen LogP contribution is -2.03. The molecule has 4 aromatic rings. The average Bonchev–Trinajstić information content (AvgIpc) is 2.99. The van der Waals surface area contributed by atoms with E-state index in [1.807, 2.05) is 24.3 Å². The molecule has 142 valence electrons. The maximum absolute atomic E-state index is 12.7. The first-order valence-corrected chi connectivity index (χ1v) is 9.10. The van der Waals surface area contributed by atoms with Crippen LogP contribution in [0.5, 0.6) is 0 Å². The quantitative estimate of drug-likeness (QED) is 0.501. The molecule has 2 N–H and O–H groups in total. The molecule has 4 rings (SSSR count). The summed E-state index contributed by atoms with van der Waals surface area (Å²) >= 11 is -0.128. The number of nitrogens with zero attached hydrogens (tertiary/aromatic N) is 4. The number of alkyl halides is 3. The summed E-state index contributed by atoms with van der Waals surface area (Å²) in [4.78, 5) is 8.27. The molecule has 9 heteroatoms. The number of para-hydroxylation sites is 1. The summed E-state index contributed by atoms with van der Waals surface area (Å²) in [6, 6.07) is 15.7. The lowest BCUT2D eigenvalue weighted by atomic mass is 10.1. The summed E-state index contributed by atoms with van der Waals surface area (Å²) in [6.07, 6.45) is 1.56. The molecule has 0 unspecified atom stereocenters. The Hall–Kier alpha value is -3.07. The number of hydrogen-bond donors (Lipinski definition) is 1. The van der Waals surface area contributed by atoms with Gasteiger partial charge in [0.25, 0.3) is 0 Å². The molecule has 0 amide bonds. The number of nitrogens with two attached hydrogens (primary N) is 1. The molecular weight excluding hydrogens is 387 g/mol. The number of rotatable bonds is 4. The number of hydrogen-bond acceptors (Lipinski definition) is 5. The molecule has 0 atom stereocenters. The van der Waals surface area contributed by atoms with Crippen molar-refractivity contribution < 1.29 is 13.2 Å². The van der Waals surface area contributed by atoms with Crippen LogP contribution in [0.2, 0.25) is 0 Å². The highest BCUT2D eigenvalue weighted by molar-refractivity contribution is 8.00. The van der Waals surface area contributed by atoms with Crippen LogP contribution in [0.25, 0.3) is 22.3 Å². The van der Waals surface area contributed by atoms with E-state index in [2.05, 4.69) is 15.1 Å². The van der Waals surface area contributed by atoms with Gasteiger partial charge < -0.3 is 5.73 Å². The van der Waals surface area contributed by atoms with Crippen molar-refractivity contribution in [2.24, 2.45) is 0 Å². The Morgan fingerprint density at radius 2 is 1.86 bits per heavy atom. The number of nitrogen functional groups attached to an aromatic ring is 1. The Morgan fingerprint density at radius 1 is 1.04 bits per heavy atom. The van der Waals surface area contributed by atoms with Gasteiger partial charge >= 0.3 is 5.51 Å². The van der Waals surface area contributed by atoms with E-state index in [1.165, 1.54) is 12.1 Å². The average molecular weight is 401 g/mol. The van der Waals surface area contributed by atoms with Crippen molar-refractivity contribution in [1.82, 2.24) is 19.7 Å². The highest BCUT2D eigenvalue weighted by atomic mass is 32.2. The van der Waals surface area contributed by atoms with Crippen molar-refractivity contribution in [3.8, 4) is 11.4 Å². The lowest BCUT2D eigenvalue weighted by Gasteiger charge is -2.08. The van der Waals surface area contributed by atoms with Gasteiger partial charge in [-0.05, 0) is 41.6 Å². The summed E-state index contributed by atoms with van der Waals surface area (Å²) in [5.74, 6) is 0.146. The number of fused-ring (bicyclic) bond motifs is 1. The van der Waals surface area contributed by atoms with Gasteiger partial charge in [-0.2, -0.15) is 18.3 Å². The minimum Gasteiger partial charge on any atom is -0.368 e. The van der Waals surface area contributed by atoms with Crippen molar-refractivity contribution in [3.05, 3.63) is 66.4 Å². The first-order valence-electron chi connectivity index (χ1n) is 8.28. The van der Waals surface area contributed by atoms with Crippen LogP contribution < -0.4 is 5.73 Å². The molecule has 0 saturated carbocycles. The Balaban J connectivity index is 1.73. The number of thioether (sulfide) groups is 1. The highest BCUT2D eigenvalue weighted by Crippen LogP contribution is 2.37. The van der Waals surface area contributed by atoms with Crippen molar-refractivity contribution >= 4 is 28.6 Å². The predicted octanol–water partition coefficient (Wildman–Crippen LogP) is 4.74. The van der Waals surface area contributed by atoms with Crippen LogP contribution in [0, 0.1) is 0 Å². The van der Waals surface area contributed by atoms with Crippen molar-refractivity contribution in [2.75, 3.05) is 5.73 Å². The summed E-state index contributed by atoms with van der Waals surface area (Å²) in [7, 11) is 0. The van der Waals surface area contributed by atoms with Gasteiger partial charge in [-0.15, -0.1) is 0 Å². The van der Waals surface area contributed by atoms with E-state index in [-0.39, 0.29) is 22.6 Å². The smallest absolute Gasteiger partial charge is 0.368 e. The Kier molecular flexibility index (Phi) is 4.68. The predicted molar refractivity (Wildman–Crippen MR) is 103 cm³/mol. The zero-order valence-corrected chi connectivity index (χ0v) is 15.2. The maximum Gasteiger partial charge on any atom is 0.446 e. The van der Waals surface area contributed by atoms with E-state index in [9.17, 15) is 13.2 Å². The molecule has 0 radical (unpaired) electrons. The molecule has 2 aromatic carbocycles. The van der Waals surface area contributed by atoms with E-state index in [1.54, 1.807) is 29.1 Å². The summed E-state index contributed by atoms with van der Waals surface area (Å²) in [5, 5.41) is 5.52. The third-order valence-electron chi connectivity index (χ3n) is 4.04. The number of halogens is 3. The van der Waals surface area contributed by atoms with Crippen LogP contribution in [-0.4, -0.2) is 25.3 Å². The standard InChI is InChI=1S/C19H14F3N5S/c20-19(21,22)28-13-5-3-4-12(10-13)11-27-16-7-2-1-6-14(16)17(26-27)15-8-9-24-18(23)25-15/h1-10H,11H2,(H2,23,24,25). The van der Waals surface area contributed by atoms with Crippen molar-refractivity contribution in [3.63, 3.8) is 0 Å². The first kappa shape index (κ1) is 18.3. The van der Waals surface area contributed by atoms with Gasteiger partial charge in [-0.25, -0.2) is 9.97 Å². The largest absolute Gasteiger partial charge is 0.446 e. The van der Waals surface area contributed by atoms with Gasteiger partial charge in [0, 0.05) is 16.5 Å². The second kappa shape index (κ2) is 7.16. The topological polar surface area (TPSA) is 69.6 Å². The zero-order valence-electron chi connectivity index (χ0n) is 14.4. The molecule has 0 aliphatic carbocycles. The van der Waals surface area contributed by atoms with Gasteiger partial charge in [-0.1, -0.05) is 30.3 Å². The monoisotopic (exact) mass is 401 g/mol. The van der Waals surface area contributed by atoms with Gasteiger partial charge in [0.15, 0.2) is 0 Å². The Morgan fingerprint density at radius 3 is 2.64 bits per heavy atom. The van der Waals surface area contributed by atoms with Crippen LogP contribution in [0.1, 0.15) is 5.56 Å². The van der Waals surface area contributed by atoms with Gasteiger partial charge in [0.2, 0.25) is 5.95 Å². The minimum absolute atomic E-state index is 0.128. The summed E-state index contributed by atoms with van der Waals surface area (Å²) in [6.45, 7) is 0.327. The van der Waals surface area contributed by atoms with Crippen molar-refractivity contribution in [2.45, 2.75) is 16.9 Å². The highest BCUT2D eigenvalue weighted by Gasteiger charge is 2.29. The number of anilines is 1. The molecule has 0 aliphatic heterocycles. The SMILES string of the molecule is Nc1nccc(-c2nn(Cc3cccc(SC(F)(F)F)c3)c3ccccc23)n1. The van der Waals surface area contributed by atoms with Crippen LogP contribution in [-0.2, 0) is 6.54 Å². The van der Waals surface area contributed by atoms with Crippen LogP contribution in [0.15, 0.2) is 65.7 Å². The lowest BCUT2D eigenvalue weighted by molar-refractivity contribution is -0.0328. The third-order valence-corrected chi connectivity index (χ3v) is 4.76. The molecule has 0 bridgehead atoms. The second-order valence-corrected chi connectivity index (χ2v) is 7.16. The van der Waals surface area contributed by atoms with Crippen LogP contribution >= 0.6 is 11.8 Å². The number of benzene rings is 2. The fourth-order valence-corrected chi connectivity index (χ4v) is 3.58.